The zero-order valence-electron chi connectivity index (χ0n) is 8.57. The first-order chi connectivity index (χ1) is 7.67. The predicted molar refractivity (Wildman–Crippen MR) is 50.2 cm³/mol. The highest BCUT2D eigenvalue weighted by molar-refractivity contribution is 5.30. The third-order valence-corrected chi connectivity index (χ3v) is 2.61. The summed E-state index contributed by atoms with van der Waals surface area (Å²) in [7, 11) is 0. The minimum atomic E-state index is -5.44. The van der Waals surface area contributed by atoms with Gasteiger partial charge in [-0.2, -0.15) is 26.3 Å². The van der Waals surface area contributed by atoms with E-state index < -0.39 is 29.8 Å². The maximum absolute atomic E-state index is 12.8. The SMILES string of the molecule is [CH2]CC(c1ccccc1)(C(F)(F)F)C(F)(F)F. The van der Waals surface area contributed by atoms with Crippen molar-refractivity contribution in [3.8, 4) is 0 Å². The van der Waals surface area contributed by atoms with E-state index in [1.54, 1.807) is 0 Å². The largest absolute Gasteiger partial charge is 0.407 e. The molecule has 6 heteroatoms. The molecule has 0 amide bonds. The van der Waals surface area contributed by atoms with E-state index in [1.165, 1.54) is 6.07 Å². The van der Waals surface area contributed by atoms with Crippen LogP contribution in [0.2, 0.25) is 0 Å². The Morgan fingerprint density at radius 2 is 1.24 bits per heavy atom. The van der Waals surface area contributed by atoms with Crippen LogP contribution in [0.5, 0.6) is 0 Å². The standard InChI is InChI=1S/C11H9F6/c1-2-9(10(12,13)14,11(15,16)17)8-6-4-3-5-7-8/h3-7H,1-2H2. The molecule has 1 rings (SSSR count). The zero-order chi connectivity index (χ0) is 13.3. The van der Waals surface area contributed by atoms with Crippen LogP contribution in [-0.4, -0.2) is 12.4 Å². The van der Waals surface area contributed by atoms with Crippen LogP contribution >= 0.6 is 0 Å². The molecule has 0 unspecified atom stereocenters. The molecule has 0 N–H and O–H groups in total. The summed E-state index contributed by atoms with van der Waals surface area (Å²) in [5.74, 6) is 0. The van der Waals surface area contributed by atoms with Crippen LogP contribution in [0.25, 0.3) is 0 Å². The molecule has 0 fully saturated rings. The van der Waals surface area contributed by atoms with Gasteiger partial charge in [0, 0.05) is 0 Å². The molecule has 0 atom stereocenters. The van der Waals surface area contributed by atoms with Crippen molar-refractivity contribution in [2.75, 3.05) is 0 Å². The van der Waals surface area contributed by atoms with E-state index >= 15 is 0 Å². The van der Waals surface area contributed by atoms with E-state index in [0.29, 0.717) is 0 Å². The fourth-order valence-electron chi connectivity index (χ4n) is 1.64. The average molecular weight is 255 g/mol. The lowest BCUT2D eigenvalue weighted by molar-refractivity contribution is -0.302. The molecular formula is C11H9F6. The molecule has 1 aromatic carbocycles. The summed E-state index contributed by atoms with van der Waals surface area (Å²) in [5.41, 5.74) is -4.74. The lowest BCUT2D eigenvalue weighted by atomic mass is 9.76. The molecule has 0 spiro atoms. The Morgan fingerprint density at radius 1 is 0.824 bits per heavy atom. The van der Waals surface area contributed by atoms with Crippen LogP contribution in [0.15, 0.2) is 30.3 Å². The van der Waals surface area contributed by atoms with Crippen molar-refractivity contribution < 1.29 is 26.3 Å². The third kappa shape index (κ3) is 2.12. The van der Waals surface area contributed by atoms with Gasteiger partial charge >= 0.3 is 12.4 Å². The van der Waals surface area contributed by atoms with Gasteiger partial charge in [-0.3, -0.25) is 0 Å². The van der Waals surface area contributed by atoms with E-state index in [1.807, 2.05) is 0 Å². The molecule has 0 bridgehead atoms. The van der Waals surface area contributed by atoms with Crippen LogP contribution in [0.3, 0.4) is 0 Å². The van der Waals surface area contributed by atoms with Crippen molar-refractivity contribution in [2.45, 2.75) is 24.2 Å². The topological polar surface area (TPSA) is 0 Å². The summed E-state index contributed by atoms with van der Waals surface area (Å²) in [6, 6.07) is 5.25. The molecule has 0 aliphatic carbocycles. The summed E-state index contributed by atoms with van der Waals surface area (Å²) in [6.07, 6.45) is -12.2. The second kappa shape index (κ2) is 4.23. The molecule has 0 aromatic heterocycles. The average Bonchev–Trinajstić information content (AvgIpc) is 2.16. The van der Waals surface area contributed by atoms with Crippen LogP contribution in [0.1, 0.15) is 12.0 Å². The van der Waals surface area contributed by atoms with Gasteiger partial charge in [0.1, 0.15) is 0 Å². The first-order valence-electron chi connectivity index (χ1n) is 4.65. The molecule has 0 saturated carbocycles. The van der Waals surface area contributed by atoms with Crippen molar-refractivity contribution in [1.82, 2.24) is 0 Å². The molecule has 0 nitrogen and oxygen atoms in total. The Kier molecular flexibility index (Phi) is 3.45. The Hall–Kier alpha value is -1.20. The van der Waals surface area contributed by atoms with E-state index in [-0.39, 0.29) is 0 Å². The number of halogens is 6. The molecule has 95 valence electrons. The van der Waals surface area contributed by atoms with E-state index in [9.17, 15) is 26.3 Å². The van der Waals surface area contributed by atoms with Gasteiger partial charge in [-0.05, 0) is 12.0 Å². The number of hydrogen-bond acceptors (Lipinski definition) is 0. The maximum atomic E-state index is 12.8. The highest BCUT2D eigenvalue weighted by atomic mass is 19.4. The first-order valence-corrected chi connectivity index (χ1v) is 4.65. The minimum absolute atomic E-state index is 0.812. The Labute approximate surface area is 94.2 Å². The Bertz CT molecular complexity index is 348. The van der Waals surface area contributed by atoms with Gasteiger partial charge in [0.25, 0.3) is 0 Å². The molecule has 0 aliphatic heterocycles. The van der Waals surface area contributed by atoms with E-state index in [0.717, 1.165) is 24.3 Å². The lowest BCUT2D eigenvalue weighted by Crippen LogP contribution is -2.53. The third-order valence-electron chi connectivity index (χ3n) is 2.61. The van der Waals surface area contributed by atoms with Crippen molar-refractivity contribution in [3.63, 3.8) is 0 Å². The van der Waals surface area contributed by atoms with Crippen LogP contribution in [0, 0.1) is 6.92 Å². The monoisotopic (exact) mass is 255 g/mol. The molecule has 17 heavy (non-hydrogen) atoms. The van der Waals surface area contributed by atoms with Crippen LogP contribution in [0.4, 0.5) is 26.3 Å². The Balaban J connectivity index is 3.49. The smallest absolute Gasteiger partial charge is 0.170 e. The normalized spacial score (nSPS) is 13.8. The zero-order valence-corrected chi connectivity index (χ0v) is 8.57. The number of benzene rings is 1. The minimum Gasteiger partial charge on any atom is -0.170 e. The number of rotatable bonds is 2. The van der Waals surface area contributed by atoms with Gasteiger partial charge in [0.2, 0.25) is 0 Å². The molecular weight excluding hydrogens is 246 g/mol. The summed E-state index contributed by atoms with van der Waals surface area (Å²) in [6.45, 7) is 2.83. The van der Waals surface area contributed by atoms with Crippen molar-refractivity contribution in [1.29, 1.82) is 0 Å². The Morgan fingerprint density at radius 3 is 1.53 bits per heavy atom. The molecule has 0 heterocycles. The maximum Gasteiger partial charge on any atom is 0.407 e. The molecule has 0 aliphatic rings. The van der Waals surface area contributed by atoms with Gasteiger partial charge in [-0.1, -0.05) is 37.3 Å². The summed E-state index contributed by atoms with van der Waals surface area (Å²) >= 11 is 0. The van der Waals surface area contributed by atoms with Gasteiger partial charge < -0.3 is 0 Å². The lowest BCUT2D eigenvalue weighted by Gasteiger charge is -2.36. The van der Waals surface area contributed by atoms with Gasteiger partial charge in [0.05, 0.1) is 0 Å². The van der Waals surface area contributed by atoms with E-state index in [2.05, 4.69) is 6.92 Å². The van der Waals surface area contributed by atoms with Crippen molar-refractivity contribution >= 4 is 0 Å². The predicted octanol–water partition coefficient (Wildman–Crippen LogP) is 4.27. The summed E-state index contributed by atoms with van der Waals surface area (Å²) in [5, 5.41) is 0. The summed E-state index contributed by atoms with van der Waals surface area (Å²) < 4.78 is 76.8. The second-order valence-corrected chi connectivity index (χ2v) is 3.52. The van der Waals surface area contributed by atoms with Gasteiger partial charge in [-0.25, -0.2) is 0 Å². The van der Waals surface area contributed by atoms with Gasteiger partial charge in [-0.15, -0.1) is 0 Å². The molecule has 0 saturated heterocycles. The number of hydrogen-bond donors (Lipinski definition) is 0. The first kappa shape index (κ1) is 13.9. The molecule has 1 radical (unpaired) electrons. The highest BCUT2D eigenvalue weighted by Crippen LogP contribution is 2.53. The van der Waals surface area contributed by atoms with Crippen LogP contribution < -0.4 is 0 Å². The fraction of sp³-hybridized carbons (Fsp3) is 0.364. The quantitative estimate of drug-likeness (QED) is 0.692. The van der Waals surface area contributed by atoms with E-state index in [4.69, 9.17) is 0 Å². The fourth-order valence-corrected chi connectivity index (χ4v) is 1.64. The summed E-state index contributed by atoms with van der Waals surface area (Å²) in [4.78, 5) is 0. The van der Waals surface area contributed by atoms with Gasteiger partial charge in [0.15, 0.2) is 5.41 Å². The van der Waals surface area contributed by atoms with Crippen LogP contribution in [-0.2, 0) is 5.41 Å². The molecule has 1 aromatic rings. The van der Waals surface area contributed by atoms with Crippen molar-refractivity contribution in [2.24, 2.45) is 0 Å². The second-order valence-electron chi connectivity index (χ2n) is 3.52. The number of alkyl halides is 6. The van der Waals surface area contributed by atoms with Crippen molar-refractivity contribution in [3.05, 3.63) is 42.8 Å². The highest BCUT2D eigenvalue weighted by Gasteiger charge is 2.70.